The van der Waals surface area contributed by atoms with Gasteiger partial charge in [0, 0.05) is 25.2 Å². The molecule has 5 rings (SSSR count). The van der Waals surface area contributed by atoms with E-state index in [0.717, 1.165) is 36.9 Å². The van der Waals surface area contributed by atoms with Crippen molar-refractivity contribution in [3.8, 4) is 0 Å². The minimum absolute atomic E-state index is 0.0269. The van der Waals surface area contributed by atoms with E-state index in [4.69, 9.17) is 5.73 Å². The Kier molecular flexibility index (Phi) is 5.48. The van der Waals surface area contributed by atoms with Crippen molar-refractivity contribution in [2.24, 2.45) is 5.73 Å². The second-order valence-electron chi connectivity index (χ2n) is 8.90. The van der Waals surface area contributed by atoms with Crippen molar-refractivity contribution in [1.29, 1.82) is 0 Å². The fourth-order valence-electron chi connectivity index (χ4n) is 4.71. The summed E-state index contributed by atoms with van der Waals surface area (Å²) in [4.78, 5) is 39.4. The second-order valence-corrected chi connectivity index (χ2v) is 9.69. The molecule has 8 nitrogen and oxygen atoms in total. The van der Waals surface area contributed by atoms with Crippen LogP contribution in [-0.4, -0.2) is 40.0 Å². The predicted molar refractivity (Wildman–Crippen MR) is 124 cm³/mol. The standard InChI is InChI=1S/C22H25F2N5O3S/c1-2-3-14(25)20(31)26-10-6-7-28(9-10)18-13(23)8-12-17(16(18)24)29(11-4-5-11)22-15(19(12)30)21(32)27-33-22/h8,10-11,14H,2-7,9,25H2,1H3,(H,26,31)(H,27,32)/t10?,14-/m0/s1. The molecule has 11 heteroatoms. The molecule has 2 aromatic heterocycles. The lowest BCUT2D eigenvalue weighted by Gasteiger charge is -2.23. The molecule has 1 amide bonds. The fourth-order valence-corrected chi connectivity index (χ4v) is 5.63. The summed E-state index contributed by atoms with van der Waals surface area (Å²) in [6.45, 7) is 2.52. The van der Waals surface area contributed by atoms with Crippen LogP contribution >= 0.6 is 11.5 Å². The van der Waals surface area contributed by atoms with Crippen molar-refractivity contribution in [3.05, 3.63) is 38.3 Å². The molecule has 2 aliphatic rings. The lowest BCUT2D eigenvalue weighted by Crippen LogP contribution is -2.46. The number of carbonyl (C=O) groups excluding carboxylic acids is 1. The lowest BCUT2D eigenvalue weighted by molar-refractivity contribution is -0.123. The van der Waals surface area contributed by atoms with Crippen molar-refractivity contribution < 1.29 is 13.6 Å². The summed E-state index contributed by atoms with van der Waals surface area (Å²) in [5.74, 6) is -1.94. The minimum Gasteiger partial charge on any atom is -0.365 e. The third-order valence-corrected chi connectivity index (χ3v) is 7.36. The molecule has 0 spiro atoms. The molecule has 33 heavy (non-hydrogen) atoms. The zero-order chi connectivity index (χ0) is 23.4. The molecule has 1 saturated carbocycles. The topological polar surface area (TPSA) is 113 Å². The first kappa shape index (κ1) is 22.0. The van der Waals surface area contributed by atoms with Gasteiger partial charge >= 0.3 is 0 Å². The van der Waals surface area contributed by atoms with Gasteiger partial charge in [-0.25, -0.2) is 8.78 Å². The van der Waals surface area contributed by atoms with Crippen molar-refractivity contribution >= 4 is 44.2 Å². The summed E-state index contributed by atoms with van der Waals surface area (Å²) in [5.41, 5.74) is 4.48. The van der Waals surface area contributed by atoms with E-state index in [0.29, 0.717) is 24.2 Å². The van der Waals surface area contributed by atoms with E-state index in [-0.39, 0.29) is 46.5 Å². The fraction of sp³-hybridized carbons (Fsp3) is 0.500. The van der Waals surface area contributed by atoms with Crippen molar-refractivity contribution in [3.63, 3.8) is 0 Å². The Morgan fingerprint density at radius 1 is 1.33 bits per heavy atom. The Balaban J connectivity index is 1.56. The number of rotatable bonds is 6. The number of nitrogens with zero attached hydrogens (tertiary/aromatic N) is 2. The average Bonchev–Trinajstić information content (AvgIpc) is 3.39. The third-order valence-electron chi connectivity index (χ3n) is 6.48. The molecule has 3 heterocycles. The van der Waals surface area contributed by atoms with Crippen LogP contribution in [0, 0.1) is 11.6 Å². The molecule has 3 aromatic rings. The number of fused-ring (bicyclic) bond motifs is 2. The van der Waals surface area contributed by atoms with Gasteiger partial charge in [0.25, 0.3) is 5.56 Å². The number of halogens is 2. The van der Waals surface area contributed by atoms with Gasteiger partial charge in [0.1, 0.15) is 21.7 Å². The van der Waals surface area contributed by atoms with E-state index in [1.165, 1.54) is 0 Å². The van der Waals surface area contributed by atoms with Gasteiger partial charge in [-0.2, -0.15) is 0 Å². The van der Waals surface area contributed by atoms with Crippen LogP contribution in [0.3, 0.4) is 0 Å². The number of hydrogen-bond acceptors (Lipinski definition) is 6. The van der Waals surface area contributed by atoms with Crippen LogP contribution in [0.5, 0.6) is 0 Å². The molecule has 176 valence electrons. The highest BCUT2D eigenvalue weighted by molar-refractivity contribution is 7.12. The summed E-state index contributed by atoms with van der Waals surface area (Å²) in [7, 11) is 0. The average molecular weight is 478 g/mol. The number of hydrogen-bond donors (Lipinski definition) is 3. The molecule has 1 unspecified atom stereocenters. The Morgan fingerprint density at radius 2 is 2.09 bits per heavy atom. The smallest absolute Gasteiger partial charge is 0.271 e. The molecule has 1 aliphatic carbocycles. The maximum absolute atomic E-state index is 15.9. The number of anilines is 1. The van der Waals surface area contributed by atoms with Crippen LogP contribution in [0.1, 0.15) is 45.1 Å². The van der Waals surface area contributed by atoms with Crippen LogP contribution in [-0.2, 0) is 4.79 Å². The van der Waals surface area contributed by atoms with Crippen molar-refractivity contribution in [1.82, 2.24) is 14.3 Å². The van der Waals surface area contributed by atoms with Gasteiger partial charge in [-0.3, -0.25) is 18.8 Å². The molecule has 1 saturated heterocycles. The molecule has 2 fully saturated rings. The largest absolute Gasteiger partial charge is 0.365 e. The lowest BCUT2D eigenvalue weighted by atomic mass is 10.1. The van der Waals surface area contributed by atoms with E-state index >= 15 is 8.78 Å². The first-order chi connectivity index (χ1) is 15.8. The number of carbonyl (C=O) groups is 1. The Labute approximate surface area is 191 Å². The summed E-state index contributed by atoms with van der Waals surface area (Å²) >= 11 is 0.995. The van der Waals surface area contributed by atoms with E-state index in [1.807, 2.05) is 6.92 Å². The Bertz CT molecular complexity index is 1380. The monoisotopic (exact) mass is 477 g/mol. The molecule has 0 radical (unpaired) electrons. The molecule has 2 atom stereocenters. The Hall–Kier alpha value is -2.79. The SMILES string of the molecule is CCC[C@H](N)C(=O)NC1CCN(c2c(F)cc3c(=O)c4c(=O)[nH]sc4n(C4CC4)c3c2F)C1. The molecule has 1 aliphatic heterocycles. The van der Waals surface area contributed by atoms with Gasteiger partial charge < -0.3 is 20.5 Å². The van der Waals surface area contributed by atoms with Crippen LogP contribution in [0.2, 0.25) is 0 Å². The maximum atomic E-state index is 15.9. The number of aromatic nitrogens is 2. The molecular formula is C22H25F2N5O3S. The van der Waals surface area contributed by atoms with E-state index in [2.05, 4.69) is 9.69 Å². The van der Waals surface area contributed by atoms with Crippen molar-refractivity contribution in [2.75, 3.05) is 18.0 Å². The number of nitrogens with two attached hydrogens (primary N) is 1. The second kappa shape index (κ2) is 8.21. The van der Waals surface area contributed by atoms with Gasteiger partial charge in [0.2, 0.25) is 11.3 Å². The predicted octanol–water partition coefficient (Wildman–Crippen LogP) is 2.34. The van der Waals surface area contributed by atoms with Gasteiger partial charge in [-0.15, -0.1) is 0 Å². The zero-order valence-electron chi connectivity index (χ0n) is 18.1. The van der Waals surface area contributed by atoms with Crippen LogP contribution in [0.15, 0.2) is 15.7 Å². The molecular weight excluding hydrogens is 452 g/mol. The normalized spacial score (nSPS) is 19.5. The Morgan fingerprint density at radius 3 is 2.79 bits per heavy atom. The van der Waals surface area contributed by atoms with Crippen molar-refractivity contribution in [2.45, 2.75) is 57.2 Å². The quantitative estimate of drug-likeness (QED) is 0.504. The third kappa shape index (κ3) is 3.63. The van der Waals surface area contributed by atoms with E-state index in [1.54, 1.807) is 9.47 Å². The highest BCUT2D eigenvalue weighted by Crippen LogP contribution is 2.42. The molecule has 1 aromatic carbocycles. The van der Waals surface area contributed by atoms with E-state index < -0.39 is 28.7 Å². The summed E-state index contributed by atoms with van der Waals surface area (Å²) in [5, 5.41) is 2.68. The number of pyridine rings is 1. The van der Waals surface area contributed by atoms with Gasteiger partial charge in [0.05, 0.1) is 16.9 Å². The van der Waals surface area contributed by atoms with Crippen LogP contribution < -0.4 is 26.9 Å². The number of nitrogens with one attached hydrogen (secondary N) is 2. The summed E-state index contributed by atoms with van der Waals surface area (Å²) in [6, 6.07) is 0.106. The maximum Gasteiger partial charge on any atom is 0.271 e. The highest BCUT2D eigenvalue weighted by Gasteiger charge is 2.34. The van der Waals surface area contributed by atoms with Crippen LogP contribution in [0.4, 0.5) is 14.5 Å². The minimum atomic E-state index is -0.861. The zero-order valence-corrected chi connectivity index (χ0v) is 18.9. The number of amides is 1. The van der Waals surface area contributed by atoms with Gasteiger partial charge in [0.15, 0.2) is 5.82 Å². The van der Waals surface area contributed by atoms with Gasteiger partial charge in [-0.1, -0.05) is 13.3 Å². The molecule has 0 bridgehead atoms. The highest BCUT2D eigenvalue weighted by atomic mass is 32.1. The van der Waals surface area contributed by atoms with Crippen LogP contribution in [0.25, 0.3) is 21.1 Å². The number of H-pyrrole nitrogens is 1. The first-order valence-electron chi connectivity index (χ1n) is 11.2. The number of aromatic amines is 1. The molecule has 4 N–H and O–H groups in total. The summed E-state index contributed by atoms with van der Waals surface area (Å²) < 4.78 is 35.3. The first-order valence-corrected chi connectivity index (χ1v) is 12.0. The number of benzene rings is 1. The van der Waals surface area contributed by atoms with E-state index in [9.17, 15) is 14.4 Å². The summed E-state index contributed by atoms with van der Waals surface area (Å²) in [6.07, 6.45) is 3.46. The van der Waals surface area contributed by atoms with Gasteiger partial charge in [-0.05, 0) is 43.3 Å².